The average Bonchev–Trinajstić information content (AvgIpc) is 3.47. The minimum absolute atomic E-state index is 0.0348. The highest BCUT2D eigenvalue weighted by atomic mass is 32.1. The van der Waals surface area contributed by atoms with Crippen LogP contribution in [0.1, 0.15) is 92.3 Å². The van der Waals surface area contributed by atoms with Crippen molar-refractivity contribution in [3.63, 3.8) is 0 Å². The molecule has 1 saturated carbocycles. The summed E-state index contributed by atoms with van der Waals surface area (Å²) in [6.45, 7) is 4.40. The van der Waals surface area contributed by atoms with E-state index in [1.54, 1.807) is 11.3 Å². The summed E-state index contributed by atoms with van der Waals surface area (Å²) in [6.07, 6.45) is 8.10. The molecule has 1 atom stereocenters. The van der Waals surface area contributed by atoms with Crippen LogP contribution in [-0.2, 0) is 11.2 Å². The van der Waals surface area contributed by atoms with E-state index in [0.29, 0.717) is 11.6 Å². The van der Waals surface area contributed by atoms with Crippen LogP contribution in [0.5, 0.6) is 0 Å². The molecule has 1 amide bonds. The van der Waals surface area contributed by atoms with Crippen molar-refractivity contribution in [2.75, 3.05) is 0 Å². The molecule has 0 radical (unpaired) electrons. The molecule has 2 heterocycles. The molecule has 1 aliphatic carbocycles. The number of hydrogen-bond donors (Lipinski definition) is 2. The lowest BCUT2D eigenvalue weighted by atomic mass is 9.82. The molecule has 182 valence electrons. The van der Waals surface area contributed by atoms with Gasteiger partial charge in [-0.05, 0) is 61.2 Å². The third-order valence-electron chi connectivity index (χ3n) is 7.17. The van der Waals surface area contributed by atoms with Gasteiger partial charge < -0.3 is 15.0 Å². The van der Waals surface area contributed by atoms with E-state index in [1.165, 1.54) is 11.3 Å². The molecular weight excluding hydrogens is 446 g/mol. The molecule has 34 heavy (non-hydrogen) atoms. The fourth-order valence-corrected chi connectivity index (χ4v) is 6.06. The minimum Gasteiger partial charge on any atom is -0.481 e. The quantitative estimate of drug-likeness (QED) is 0.361. The summed E-state index contributed by atoms with van der Waals surface area (Å²) in [5, 5.41) is 14.5. The molecule has 1 unspecified atom stereocenters. The van der Waals surface area contributed by atoms with Gasteiger partial charge in [-0.1, -0.05) is 39.2 Å². The van der Waals surface area contributed by atoms with Crippen molar-refractivity contribution in [3.8, 4) is 0 Å². The average molecular weight is 482 g/mol. The molecular formula is C27H35N3O3S. The SMILES string of the molecule is CCC(CC)n1c(Cc2cccs2)nc2cc(C(=O)NC(CC(=O)O)C3CCCCC3)ccc21. The third kappa shape index (κ3) is 5.52. The number of nitrogens with zero attached hydrogens (tertiary/aromatic N) is 2. The second-order valence-corrected chi connectivity index (χ2v) is 10.4. The van der Waals surface area contributed by atoms with Gasteiger partial charge in [0.05, 0.1) is 17.5 Å². The number of amides is 1. The molecule has 4 rings (SSSR count). The molecule has 2 aromatic heterocycles. The maximum absolute atomic E-state index is 13.2. The van der Waals surface area contributed by atoms with Gasteiger partial charge in [0.1, 0.15) is 5.82 Å². The number of carbonyl (C=O) groups excluding carboxylic acids is 1. The molecule has 0 spiro atoms. The van der Waals surface area contributed by atoms with Gasteiger partial charge in [0.15, 0.2) is 0 Å². The van der Waals surface area contributed by atoms with Crippen LogP contribution in [-0.4, -0.2) is 32.6 Å². The van der Waals surface area contributed by atoms with Gasteiger partial charge in [0.2, 0.25) is 0 Å². The molecule has 6 nitrogen and oxygen atoms in total. The number of thiophene rings is 1. The molecule has 0 aliphatic heterocycles. The molecule has 7 heteroatoms. The first-order chi connectivity index (χ1) is 16.5. The number of fused-ring (bicyclic) bond motifs is 1. The number of hydrogen-bond acceptors (Lipinski definition) is 4. The second kappa shape index (κ2) is 11.2. The maximum atomic E-state index is 13.2. The number of imidazole rings is 1. The van der Waals surface area contributed by atoms with Gasteiger partial charge >= 0.3 is 5.97 Å². The number of rotatable bonds is 10. The Morgan fingerprint density at radius 1 is 1.18 bits per heavy atom. The predicted octanol–water partition coefficient (Wildman–Crippen LogP) is 6.20. The van der Waals surface area contributed by atoms with E-state index in [4.69, 9.17) is 4.98 Å². The van der Waals surface area contributed by atoms with Gasteiger partial charge in [-0.3, -0.25) is 9.59 Å². The number of aromatic nitrogens is 2. The van der Waals surface area contributed by atoms with Crippen LogP contribution in [0.3, 0.4) is 0 Å². The standard InChI is InChI=1S/C27H35N3O3S/c1-3-20(4-2)30-24-13-12-19(15-23(24)28-25(30)16-21-11-8-14-34-21)27(33)29-22(17-26(31)32)18-9-6-5-7-10-18/h8,11-15,18,20,22H,3-7,9-10,16-17H2,1-2H3,(H,29,33)(H,31,32). The van der Waals surface area contributed by atoms with Gasteiger partial charge in [0, 0.05) is 28.9 Å². The zero-order valence-corrected chi connectivity index (χ0v) is 20.9. The Hall–Kier alpha value is -2.67. The number of carboxylic acid groups (broad SMARTS) is 1. The van der Waals surface area contributed by atoms with Crippen molar-refractivity contribution < 1.29 is 14.7 Å². The van der Waals surface area contributed by atoms with E-state index in [2.05, 4.69) is 41.2 Å². The molecule has 0 bridgehead atoms. The van der Waals surface area contributed by atoms with Crippen molar-refractivity contribution in [1.82, 2.24) is 14.9 Å². The highest BCUT2D eigenvalue weighted by molar-refractivity contribution is 7.09. The lowest BCUT2D eigenvalue weighted by Crippen LogP contribution is -2.42. The number of nitrogens with one attached hydrogen (secondary N) is 1. The Morgan fingerprint density at radius 2 is 1.94 bits per heavy atom. The smallest absolute Gasteiger partial charge is 0.305 e. The van der Waals surface area contributed by atoms with Crippen LogP contribution < -0.4 is 5.32 Å². The first kappa shape index (κ1) is 24.5. The van der Waals surface area contributed by atoms with E-state index in [1.807, 2.05) is 18.2 Å². The summed E-state index contributed by atoms with van der Waals surface area (Å²) in [4.78, 5) is 30.9. The third-order valence-corrected chi connectivity index (χ3v) is 8.05. The van der Waals surface area contributed by atoms with Gasteiger partial charge in [-0.15, -0.1) is 11.3 Å². The first-order valence-corrected chi connectivity index (χ1v) is 13.4. The van der Waals surface area contributed by atoms with Crippen molar-refractivity contribution in [3.05, 3.63) is 52.0 Å². The van der Waals surface area contributed by atoms with Crippen LogP contribution in [0.15, 0.2) is 35.7 Å². The Balaban J connectivity index is 1.62. The molecule has 1 aliphatic rings. The van der Waals surface area contributed by atoms with E-state index < -0.39 is 5.97 Å². The molecule has 1 aromatic carbocycles. The number of aliphatic carboxylic acids is 1. The van der Waals surface area contributed by atoms with Gasteiger partial charge in [-0.25, -0.2) is 4.98 Å². The second-order valence-electron chi connectivity index (χ2n) is 9.40. The normalized spacial score (nSPS) is 15.6. The Bertz CT molecular complexity index is 1110. The zero-order chi connectivity index (χ0) is 24.1. The Labute approximate surface area is 205 Å². The molecule has 0 saturated heterocycles. The summed E-state index contributed by atoms with van der Waals surface area (Å²) < 4.78 is 2.34. The predicted molar refractivity (Wildman–Crippen MR) is 137 cm³/mol. The number of benzene rings is 1. The highest BCUT2D eigenvalue weighted by Crippen LogP contribution is 2.30. The summed E-state index contributed by atoms with van der Waals surface area (Å²) in [5.41, 5.74) is 2.40. The largest absolute Gasteiger partial charge is 0.481 e. The molecule has 1 fully saturated rings. The zero-order valence-electron chi connectivity index (χ0n) is 20.1. The van der Waals surface area contributed by atoms with Crippen molar-refractivity contribution >= 4 is 34.2 Å². The fourth-order valence-electron chi connectivity index (χ4n) is 5.36. The first-order valence-electron chi connectivity index (χ1n) is 12.6. The van der Waals surface area contributed by atoms with Crippen molar-refractivity contribution in [1.29, 1.82) is 0 Å². The van der Waals surface area contributed by atoms with Gasteiger partial charge in [-0.2, -0.15) is 0 Å². The van der Waals surface area contributed by atoms with Crippen LogP contribution >= 0.6 is 11.3 Å². The monoisotopic (exact) mass is 481 g/mol. The van der Waals surface area contributed by atoms with Crippen molar-refractivity contribution in [2.24, 2.45) is 5.92 Å². The fraction of sp³-hybridized carbons (Fsp3) is 0.519. The van der Waals surface area contributed by atoms with E-state index in [0.717, 1.165) is 61.8 Å². The van der Waals surface area contributed by atoms with E-state index >= 15 is 0 Å². The van der Waals surface area contributed by atoms with Crippen LogP contribution in [0.2, 0.25) is 0 Å². The number of carbonyl (C=O) groups is 2. The maximum Gasteiger partial charge on any atom is 0.305 e. The van der Waals surface area contributed by atoms with Crippen molar-refractivity contribution in [2.45, 2.75) is 83.7 Å². The van der Waals surface area contributed by atoms with Gasteiger partial charge in [0.25, 0.3) is 5.91 Å². The van der Waals surface area contributed by atoms with E-state index in [-0.39, 0.29) is 24.3 Å². The van der Waals surface area contributed by atoms with Crippen LogP contribution in [0.25, 0.3) is 11.0 Å². The Kier molecular flexibility index (Phi) is 8.03. The summed E-state index contributed by atoms with van der Waals surface area (Å²) in [7, 11) is 0. The summed E-state index contributed by atoms with van der Waals surface area (Å²) >= 11 is 1.73. The number of carboxylic acids is 1. The van der Waals surface area contributed by atoms with E-state index in [9.17, 15) is 14.7 Å². The topological polar surface area (TPSA) is 84.2 Å². The highest BCUT2D eigenvalue weighted by Gasteiger charge is 2.28. The summed E-state index contributed by atoms with van der Waals surface area (Å²) in [6, 6.07) is 9.93. The van der Waals surface area contributed by atoms with Crippen LogP contribution in [0.4, 0.5) is 0 Å². The summed E-state index contributed by atoms with van der Waals surface area (Å²) in [5.74, 6) is 0.169. The Morgan fingerprint density at radius 3 is 2.59 bits per heavy atom. The molecule has 3 aromatic rings. The minimum atomic E-state index is -0.867. The molecule has 2 N–H and O–H groups in total. The van der Waals surface area contributed by atoms with Crippen LogP contribution in [0, 0.1) is 5.92 Å². The lowest BCUT2D eigenvalue weighted by molar-refractivity contribution is -0.137. The lowest BCUT2D eigenvalue weighted by Gasteiger charge is -2.30.